The maximum absolute atomic E-state index is 12.0. The van der Waals surface area contributed by atoms with Gasteiger partial charge in [-0.05, 0) is 18.1 Å². The predicted molar refractivity (Wildman–Crippen MR) is 68.9 cm³/mol. The van der Waals surface area contributed by atoms with E-state index in [9.17, 15) is 4.79 Å². The van der Waals surface area contributed by atoms with Crippen LogP contribution in [0.3, 0.4) is 0 Å². The topological polar surface area (TPSA) is 42.0 Å². The Hall–Kier alpha value is -1.90. The minimum atomic E-state index is -0.0303. The summed E-state index contributed by atoms with van der Waals surface area (Å²) in [6, 6.07) is 9.44. The van der Waals surface area contributed by atoms with Crippen molar-refractivity contribution in [3.05, 3.63) is 42.1 Å². The first-order valence-electron chi connectivity index (χ1n) is 5.80. The van der Waals surface area contributed by atoms with Crippen molar-refractivity contribution in [2.45, 2.75) is 13.8 Å². The summed E-state index contributed by atoms with van der Waals surface area (Å²) in [5, 5.41) is 3.82. The lowest BCUT2D eigenvalue weighted by Gasteiger charge is -2.09. The molecule has 0 aliphatic heterocycles. The number of fused-ring (bicyclic) bond motifs is 1. The number of rotatable bonds is 3. The molecule has 0 bridgehead atoms. The fourth-order valence-electron chi connectivity index (χ4n) is 1.69. The summed E-state index contributed by atoms with van der Waals surface area (Å²) >= 11 is 0. The molecule has 1 amide bonds. The molecule has 2 aromatic rings. The Labute approximate surface area is 101 Å². The standard InChI is InChI=1S/C14H16N2O/c1-10(2)9-16-14(17)12-7-8-15-13-6-4-3-5-11(12)13/h3-8,10H,9H2,1-2H3,(H,16,17). The van der Waals surface area contributed by atoms with Crippen molar-refractivity contribution in [1.82, 2.24) is 10.3 Å². The van der Waals surface area contributed by atoms with Crippen LogP contribution in [0.15, 0.2) is 36.5 Å². The van der Waals surface area contributed by atoms with Crippen molar-refractivity contribution in [3.8, 4) is 0 Å². The van der Waals surface area contributed by atoms with Crippen molar-refractivity contribution in [1.29, 1.82) is 0 Å². The number of benzene rings is 1. The Morgan fingerprint density at radius 3 is 2.82 bits per heavy atom. The van der Waals surface area contributed by atoms with Gasteiger partial charge in [0.25, 0.3) is 5.91 Å². The first-order chi connectivity index (χ1) is 8.18. The van der Waals surface area contributed by atoms with Gasteiger partial charge in [-0.25, -0.2) is 0 Å². The third kappa shape index (κ3) is 2.61. The van der Waals surface area contributed by atoms with Crippen molar-refractivity contribution in [2.24, 2.45) is 5.92 Å². The van der Waals surface area contributed by atoms with E-state index in [0.717, 1.165) is 10.9 Å². The van der Waals surface area contributed by atoms with Gasteiger partial charge < -0.3 is 5.32 Å². The molecule has 0 saturated carbocycles. The van der Waals surface area contributed by atoms with Crippen molar-refractivity contribution in [3.63, 3.8) is 0 Å². The molecule has 2 rings (SSSR count). The molecule has 0 unspecified atom stereocenters. The average molecular weight is 228 g/mol. The van der Waals surface area contributed by atoms with E-state index in [1.807, 2.05) is 24.3 Å². The fourth-order valence-corrected chi connectivity index (χ4v) is 1.69. The van der Waals surface area contributed by atoms with E-state index in [0.29, 0.717) is 18.0 Å². The van der Waals surface area contributed by atoms with Crippen molar-refractivity contribution >= 4 is 16.8 Å². The normalized spacial score (nSPS) is 10.8. The van der Waals surface area contributed by atoms with Crippen LogP contribution in [0.4, 0.5) is 0 Å². The third-order valence-electron chi connectivity index (χ3n) is 2.56. The monoisotopic (exact) mass is 228 g/mol. The summed E-state index contributed by atoms with van der Waals surface area (Å²) in [7, 11) is 0. The lowest BCUT2D eigenvalue weighted by molar-refractivity contribution is 0.0950. The van der Waals surface area contributed by atoms with E-state index in [4.69, 9.17) is 0 Å². The predicted octanol–water partition coefficient (Wildman–Crippen LogP) is 2.62. The second-order valence-electron chi connectivity index (χ2n) is 4.48. The van der Waals surface area contributed by atoms with Gasteiger partial charge in [-0.15, -0.1) is 0 Å². The minimum absolute atomic E-state index is 0.0303. The molecular weight excluding hydrogens is 212 g/mol. The Morgan fingerprint density at radius 2 is 2.06 bits per heavy atom. The number of amides is 1. The molecule has 1 aromatic carbocycles. The van der Waals surface area contributed by atoms with Gasteiger partial charge >= 0.3 is 0 Å². The number of nitrogens with zero attached hydrogens (tertiary/aromatic N) is 1. The van der Waals surface area contributed by atoms with Gasteiger partial charge in [0.2, 0.25) is 0 Å². The van der Waals surface area contributed by atoms with Crippen LogP contribution >= 0.6 is 0 Å². The molecule has 17 heavy (non-hydrogen) atoms. The number of nitrogens with one attached hydrogen (secondary N) is 1. The number of para-hydroxylation sites is 1. The molecule has 0 atom stereocenters. The van der Waals surface area contributed by atoms with Gasteiger partial charge in [0.15, 0.2) is 0 Å². The van der Waals surface area contributed by atoms with Crippen LogP contribution in [0.5, 0.6) is 0 Å². The van der Waals surface area contributed by atoms with Crippen LogP contribution < -0.4 is 5.32 Å². The molecule has 88 valence electrons. The number of hydrogen-bond acceptors (Lipinski definition) is 2. The highest BCUT2D eigenvalue weighted by molar-refractivity contribution is 6.05. The first kappa shape index (κ1) is 11.6. The quantitative estimate of drug-likeness (QED) is 0.877. The molecule has 0 saturated heterocycles. The summed E-state index contributed by atoms with van der Waals surface area (Å²) in [6.07, 6.45) is 1.67. The lowest BCUT2D eigenvalue weighted by atomic mass is 10.1. The zero-order valence-corrected chi connectivity index (χ0v) is 10.1. The van der Waals surface area contributed by atoms with Gasteiger partial charge in [-0.3, -0.25) is 9.78 Å². The van der Waals surface area contributed by atoms with E-state index in [-0.39, 0.29) is 5.91 Å². The van der Waals surface area contributed by atoms with Gasteiger partial charge in [0, 0.05) is 18.1 Å². The highest BCUT2D eigenvalue weighted by Crippen LogP contribution is 2.15. The van der Waals surface area contributed by atoms with Gasteiger partial charge in [0.1, 0.15) is 0 Å². The summed E-state index contributed by atoms with van der Waals surface area (Å²) in [6.45, 7) is 4.84. The number of carbonyl (C=O) groups excluding carboxylic acids is 1. The second-order valence-corrected chi connectivity index (χ2v) is 4.48. The molecule has 0 fully saturated rings. The van der Waals surface area contributed by atoms with E-state index < -0.39 is 0 Å². The molecule has 0 radical (unpaired) electrons. The van der Waals surface area contributed by atoms with Crippen molar-refractivity contribution in [2.75, 3.05) is 6.54 Å². The molecule has 1 aromatic heterocycles. The third-order valence-corrected chi connectivity index (χ3v) is 2.56. The number of aromatic nitrogens is 1. The highest BCUT2D eigenvalue weighted by atomic mass is 16.1. The van der Waals surface area contributed by atoms with Gasteiger partial charge in [0.05, 0.1) is 11.1 Å². The SMILES string of the molecule is CC(C)CNC(=O)c1ccnc2ccccc12. The van der Waals surface area contributed by atoms with E-state index in [1.54, 1.807) is 12.3 Å². The largest absolute Gasteiger partial charge is 0.352 e. The highest BCUT2D eigenvalue weighted by Gasteiger charge is 2.09. The molecule has 0 spiro atoms. The summed E-state index contributed by atoms with van der Waals surface area (Å²) < 4.78 is 0. The maximum atomic E-state index is 12.0. The van der Waals surface area contributed by atoms with Gasteiger partial charge in [-0.1, -0.05) is 32.0 Å². The minimum Gasteiger partial charge on any atom is -0.352 e. The smallest absolute Gasteiger partial charge is 0.252 e. The Kier molecular flexibility index (Phi) is 3.38. The van der Waals surface area contributed by atoms with Crippen molar-refractivity contribution < 1.29 is 4.79 Å². The number of pyridine rings is 1. The fraction of sp³-hybridized carbons (Fsp3) is 0.286. The first-order valence-corrected chi connectivity index (χ1v) is 5.80. The average Bonchev–Trinajstić information content (AvgIpc) is 2.35. The van der Waals surface area contributed by atoms with E-state index in [1.165, 1.54) is 0 Å². The maximum Gasteiger partial charge on any atom is 0.252 e. The van der Waals surface area contributed by atoms with Crippen LogP contribution in [-0.4, -0.2) is 17.4 Å². The number of carbonyl (C=O) groups is 1. The van der Waals surface area contributed by atoms with Crippen LogP contribution in [0.1, 0.15) is 24.2 Å². The van der Waals surface area contributed by atoms with Crippen LogP contribution in [0.25, 0.3) is 10.9 Å². The molecule has 1 heterocycles. The number of hydrogen-bond donors (Lipinski definition) is 1. The summed E-state index contributed by atoms with van der Waals surface area (Å²) in [4.78, 5) is 16.3. The molecule has 0 aliphatic carbocycles. The van der Waals surface area contributed by atoms with Crippen LogP contribution in [0.2, 0.25) is 0 Å². The zero-order valence-electron chi connectivity index (χ0n) is 10.1. The molecule has 3 nitrogen and oxygen atoms in total. The summed E-state index contributed by atoms with van der Waals surface area (Å²) in [5.41, 5.74) is 1.54. The molecule has 0 aliphatic rings. The van der Waals surface area contributed by atoms with Crippen LogP contribution in [0, 0.1) is 5.92 Å². The van der Waals surface area contributed by atoms with E-state index >= 15 is 0 Å². The summed E-state index contributed by atoms with van der Waals surface area (Å²) in [5.74, 6) is 0.421. The lowest BCUT2D eigenvalue weighted by Crippen LogP contribution is -2.27. The van der Waals surface area contributed by atoms with Gasteiger partial charge in [-0.2, -0.15) is 0 Å². The Bertz CT molecular complexity index is 529. The second kappa shape index (κ2) is 4.95. The Balaban J connectivity index is 2.32. The molecule has 1 N–H and O–H groups in total. The zero-order chi connectivity index (χ0) is 12.3. The Morgan fingerprint density at radius 1 is 1.29 bits per heavy atom. The molecular formula is C14H16N2O. The van der Waals surface area contributed by atoms with E-state index in [2.05, 4.69) is 24.1 Å². The molecule has 3 heteroatoms. The van der Waals surface area contributed by atoms with Crippen LogP contribution in [-0.2, 0) is 0 Å².